The van der Waals surface area contributed by atoms with Gasteiger partial charge in [-0.05, 0) is 35.4 Å². The normalized spacial score (nSPS) is 15.4. The molecule has 0 saturated heterocycles. The number of benzene rings is 3. The molecule has 3 aromatic carbocycles. The molecule has 142 valence electrons. The molecule has 0 aromatic heterocycles. The summed E-state index contributed by atoms with van der Waals surface area (Å²) in [7, 11) is 0. The van der Waals surface area contributed by atoms with E-state index in [1.807, 2.05) is 18.2 Å². The molecule has 0 amide bonds. The van der Waals surface area contributed by atoms with Gasteiger partial charge in [-0.25, -0.2) is 6.08 Å². The van der Waals surface area contributed by atoms with Crippen LogP contribution in [0.4, 0.5) is 0 Å². The van der Waals surface area contributed by atoms with Crippen molar-refractivity contribution in [3.8, 4) is 0 Å². The number of hydrogen-bond donors (Lipinski definition) is 0. The molecule has 0 radical (unpaired) electrons. The van der Waals surface area contributed by atoms with E-state index in [0.717, 1.165) is 16.7 Å². The molecule has 0 N–H and O–H groups in total. The molecule has 1 aliphatic carbocycles. The van der Waals surface area contributed by atoms with Gasteiger partial charge >= 0.3 is 18.9 Å². The van der Waals surface area contributed by atoms with Gasteiger partial charge in [0.15, 0.2) is 0 Å². The molecule has 1 aliphatic rings. The van der Waals surface area contributed by atoms with Crippen molar-refractivity contribution in [2.24, 2.45) is 5.92 Å². The molecule has 29 heavy (non-hydrogen) atoms. The summed E-state index contributed by atoms with van der Waals surface area (Å²) in [5, 5.41) is 0. The van der Waals surface area contributed by atoms with Crippen molar-refractivity contribution < 1.29 is 23.6 Å². The second-order valence-electron chi connectivity index (χ2n) is 7.60. The third-order valence-corrected chi connectivity index (χ3v) is 5.91. The third kappa shape index (κ3) is 4.44. The summed E-state index contributed by atoms with van der Waals surface area (Å²) in [6.07, 6.45) is 6.53. The Balaban J connectivity index is 0.00000240. The van der Waals surface area contributed by atoms with E-state index >= 15 is 0 Å². The van der Waals surface area contributed by atoms with Gasteiger partial charge in [0, 0.05) is 6.10 Å². The molecule has 0 spiro atoms. The van der Waals surface area contributed by atoms with Gasteiger partial charge < -0.3 is 11.3 Å². The SMILES string of the molecule is [CH-]=CC(OC(c1ccccc1)(c1ccccc1)c1ccccc1)C1CCCC1.[Li+]. The van der Waals surface area contributed by atoms with Crippen molar-refractivity contribution in [2.75, 3.05) is 0 Å². The van der Waals surface area contributed by atoms with Gasteiger partial charge in [-0.15, -0.1) is 0 Å². The first kappa shape index (κ1) is 21.7. The molecule has 0 heterocycles. The van der Waals surface area contributed by atoms with Crippen LogP contribution in [0.15, 0.2) is 97.1 Å². The summed E-state index contributed by atoms with van der Waals surface area (Å²) in [6.45, 7) is 6.14. The number of rotatable bonds is 7. The van der Waals surface area contributed by atoms with E-state index in [0.29, 0.717) is 5.92 Å². The van der Waals surface area contributed by atoms with E-state index in [1.54, 1.807) is 6.08 Å². The Morgan fingerprint density at radius 1 is 0.724 bits per heavy atom. The summed E-state index contributed by atoms with van der Waals surface area (Å²) in [5.74, 6) is 0.473. The van der Waals surface area contributed by atoms with Crippen molar-refractivity contribution in [1.29, 1.82) is 0 Å². The number of ether oxygens (including phenoxy) is 1. The maximum Gasteiger partial charge on any atom is 1.00 e. The van der Waals surface area contributed by atoms with Crippen LogP contribution in [0.5, 0.6) is 0 Å². The summed E-state index contributed by atoms with van der Waals surface area (Å²) in [4.78, 5) is 0. The predicted molar refractivity (Wildman–Crippen MR) is 115 cm³/mol. The zero-order chi connectivity index (χ0) is 19.2. The smallest absolute Gasteiger partial charge is 0.515 e. The van der Waals surface area contributed by atoms with Crippen molar-refractivity contribution in [2.45, 2.75) is 37.4 Å². The van der Waals surface area contributed by atoms with Crippen LogP contribution in [-0.2, 0) is 10.3 Å². The number of hydrogen-bond acceptors (Lipinski definition) is 1. The van der Waals surface area contributed by atoms with Crippen LogP contribution >= 0.6 is 0 Å². The summed E-state index contributed by atoms with van der Waals surface area (Å²) in [5.41, 5.74) is 2.67. The molecular weight excluding hydrogens is 347 g/mol. The van der Waals surface area contributed by atoms with Crippen LogP contribution in [0, 0.1) is 12.5 Å². The van der Waals surface area contributed by atoms with Crippen LogP contribution < -0.4 is 18.9 Å². The van der Waals surface area contributed by atoms with Crippen molar-refractivity contribution in [1.82, 2.24) is 0 Å². The van der Waals surface area contributed by atoms with E-state index in [4.69, 9.17) is 11.3 Å². The molecule has 0 bridgehead atoms. The first-order valence-corrected chi connectivity index (χ1v) is 10.2. The largest absolute Gasteiger partial charge is 1.00 e. The Bertz CT molecular complexity index is 774. The van der Waals surface area contributed by atoms with Crippen LogP contribution in [0.2, 0.25) is 0 Å². The van der Waals surface area contributed by atoms with Crippen LogP contribution in [0.3, 0.4) is 0 Å². The fourth-order valence-corrected chi connectivity index (χ4v) is 4.51. The van der Waals surface area contributed by atoms with Gasteiger partial charge in [0.25, 0.3) is 0 Å². The molecular formula is C27H27LiO. The van der Waals surface area contributed by atoms with Gasteiger partial charge in [0.1, 0.15) is 5.60 Å². The van der Waals surface area contributed by atoms with E-state index in [9.17, 15) is 0 Å². The Hall–Kier alpha value is -2.04. The van der Waals surface area contributed by atoms with Crippen LogP contribution in [0.25, 0.3) is 0 Å². The van der Waals surface area contributed by atoms with Crippen molar-refractivity contribution in [3.05, 3.63) is 120 Å². The van der Waals surface area contributed by atoms with Crippen molar-refractivity contribution in [3.63, 3.8) is 0 Å². The summed E-state index contributed by atoms with van der Waals surface area (Å²) < 4.78 is 7.05. The molecule has 4 rings (SSSR count). The van der Waals surface area contributed by atoms with Gasteiger partial charge in [-0.1, -0.05) is 104 Å². The first-order chi connectivity index (χ1) is 13.8. The topological polar surface area (TPSA) is 9.23 Å². The molecule has 1 fully saturated rings. The van der Waals surface area contributed by atoms with E-state index in [-0.39, 0.29) is 25.0 Å². The minimum Gasteiger partial charge on any atom is -0.515 e. The zero-order valence-electron chi connectivity index (χ0n) is 17.2. The molecule has 1 atom stereocenters. The van der Waals surface area contributed by atoms with Crippen molar-refractivity contribution >= 4 is 0 Å². The van der Waals surface area contributed by atoms with Gasteiger partial charge in [-0.2, -0.15) is 0 Å². The minimum absolute atomic E-state index is 0. The molecule has 2 heteroatoms. The second kappa shape index (κ2) is 10.1. The fourth-order valence-electron chi connectivity index (χ4n) is 4.51. The Kier molecular flexibility index (Phi) is 7.56. The van der Waals surface area contributed by atoms with Gasteiger partial charge in [0.2, 0.25) is 0 Å². The first-order valence-electron chi connectivity index (χ1n) is 10.2. The average Bonchev–Trinajstić information content (AvgIpc) is 3.31. The molecule has 3 aromatic rings. The van der Waals surface area contributed by atoms with E-state index in [2.05, 4.69) is 72.8 Å². The van der Waals surface area contributed by atoms with E-state index in [1.165, 1.54) is 25.7 Å². The quantitative estimate of drug-likeness (QED) is 0.349. The molecule has 0 aliphatic heterocycles. The Labute approximate surface area is 187 Å². The average molecular weight is 374 g/mol. The maximum atomic E-state index is 7.05. The van der Waals surface area contributed by atoms with Gasteiger partial charge in [-0.3, -0.25) is 0 Å². The zero-order valence-corrected chi connectivity index (χ0v) is 17.2. The molecule has 1 nitrogen and oxygen atoms in total. The summed E-state index contributed by atoms with van der Waals surface area (Å²) in [6, 6.07) is 31.6. The van der Waals surface area contributed by atoms with Crippen LogP contribution in [0.1, 0.15) is 42.4 Å². The maximum absolute atomic E-state index is 7.05. The minimum atomic E-state index is -0.701. The van der Waals surface area contributed by atoms with Crippen LogP contribution in [-0.4, -0.2) is 6.10 Å². The monoisotopic (exact) mass is 374 g/mol. The standard InChI is InChI=1S/C27H27O.Li/c1-2-26(22-14-12-13-15-22)28-27(23-16-6-3-7-17-23,24-18-8-4-9-19-24)25-20-10-5-11-21-25;/h1-11,16-22,26H,12-15H2;/q-1;+1. The predicted octanol–water partition coefficient (Wildman–Crippen LogP) is 3.55. The fraction of sp³-hybridized carbons (Fsp3) is 0.259. The molecule has 1 unspecified atom stereocenters. The molecule has 1 saturated carbocycles. The second-order valence-corrected chi connectivity index (χ2v) is 7.60. The Morgan fingerprint density at radius 3 is 1.45 bits per heavy atom. The third-order valence-electron chi connectivity index (χ3n) is 5.91. The van der Waals surface area contributed by atoms with E-state index < -0.39 is 5.60 Å². The Morgan fingerprint density at radius 2 is 1.10 bits per heavy atom. The van der Waals surface area contributed by atoms with Gasteiger partial charge in [0.05, 0.1) is 0 Å². The summed E-state index contributed by atoms with van der Waals surface area (Å²) >= 11 is 0.